The van der Waals surface area contributed by atoms with Crippen molar-refractivity contribution in [2.75, 3.05) is 14.2 Å². The summed E-state index contributed by atoms with van der Waals surface area (Å²) < 4.78 is 9.39. The molecule has 0 aliphatic heterocycles. The molecule has 0 rings (SSSR count). The highest BCUT2D eigenvalue weighted by Gasteiger charge is 1.99. The van der Waals surface area contributed by atoms with Crippen LogP contribution in [0.1, 0.15) is 22.3 Å². The molecule has 0 aromatic heterocycles. The third-order valence-corrected chi connectivity index (χ3v) is 1.69. The second-order valence-corrected chi connectivity index (χ2v) is 2.87. The van der Waals surface area contributed by atoms with Crippen LogP contribution < -0.4 is 0 Å². The largest absolute Gasteiger partial charge is 0.398 e. The molecular formula is C6H22O3Si. The summed E-state index contributed by atoms with van der Waals surface area (Å²) >= 11 is 0. The van der Waals surface area contributed by atoms with E-state index in [1.807, 2.05) is 6.55 Å². The summed E-state index contributed by atoms with van der Waals surface area (Å²) in [6.07, 6.45) is 0. The van der Waals surface area contributed by atoms with Gasteiger partial charge in [0.1, 0.15) is 0 Å². The van der Waals surface area contributed by atoms with Gasteiger partial charge >= 0.3 is 9.28 Å². The summed E-state index contributed by atoms with van der Waals surface area (Å²) in [6, 6.07) is 0. The number of hydrogen-bond acceptors (Lipinski definition) is 3. The maximum absolute atomic E-state index is 4.78. The number of rotatable bonds is 3. The van der Waals surface area contributed by atoms with Crippen LogP contribution in [0.4, 0.5) is 0 Å². The van der Waals surface area contributed by atoms with Crippen LogP contribution in [0.3, 0.4) is 0 Å². The smallest absolute Gasteiger partial charge is 0.356 e. The van der Waals surface area contributed by atoms with Gasteiger partial charge in [-0.25, -0.2) is 4.89 Å². The molecule has 0 saturated carbocycles. The molecule has 0 amide bonds. The van der Waals surface area contributed by atoms with E-state index < -0.39 is 9.28 Å². The van der Waals surface area contributed by atoms with Gasteiger partial charge in [-0.3, -0.25) is 4.58 Å². The van der Waals surface area contributed by atoms with Crippen LogP contribution >= 0.6 is 0 Å². The molecule has 0 aromatic rings. The Morgan fingerprint density at radius 3 is 1.50 bits per heavy atom. The molecule has 68 valence electrons. The first kappa shape index (κ1) is 22.5. The topological polar surface area (TPSA) is 27.7 Å². The molecule has 0 saturated heterocycles. The highest BCUT2D eigenvalue weighted by Crippen LogP contribution is 1.82. The Kier molecular flexibility index (Phi) is 36.1. The molecule has 0 aliphatic rings. The molecule has 1 atom stereocenters. The van der Waals surface area contributed by atoms with E-state index in [2.05, 4.69) is 9.46 Å². The summed E-state index contributed by atoms with van der Waals surface area (Å²) in [7, 11) is 1.68. The van der Waals surface area contributed by atoms with Gasteiger partial charge in [0, 0.05) is 7.11 Å². The Morgan fingerprint density at radius 1 is 1.00 bits per heavy atom. The first-order valence-electron chi connectivity index (χ1n) is 2.03. The molecule has 0 N–H and O–H groups in total. The summed E-state index contributed by atoms with van der Waals surface area (Å²) in [5.74, 6) is 0. The van der Waals surface area contributed by atoms with Crippen LogP contribution in [-0.4, -0.2) is 23.5 Å². The van der Waals surface area contributed by atoms with Crippen molar-refractivity contribution in [3.05, 3.63) is 0 Å². The monoisotopic (exact) mass is 170 g/mol. The van der Waals surface area contributed by atoms with E-state index in [0.29, 0.717) is 0 Å². The van der Waals surface area contributed by atoms with Crippen molar-refractivity contribution >= 4 is 9.28 Å². The first-order chi connectivity index (χ1) is 3.31. The molecule has 0 heterocycles. The van der Waals surface area contributed by atoms with Crippen molar-refractivity contribution in [1.82, 2.24) is 0 Å². The first-order valence-corrected chi connectivity index (χ1v) is 4.13. The lowest BCUT2D eigenvalue weighted by molar-refractivity contribution is -0.196. The Balaban J connectivity index is -0.0000000600. The summed E-state index contributed by atoms with van der Waals surface area (Å²) in [5.41, 5.74) is 0. The van der Waals surface area contributed by atoms with E-state index in [0.717, 1.165) is 0 Å². The minimum Gasteiger partial charge on any atom is -0.398 e. The van der Waals surface area contributed by atoms with Gasteiger partial charge in [0.2, 0.25) is 0 Å². The quantitative estimate of drug-likeness (QED) is 0.368. The minimum absolute atomic E-state index is 0. The third-order valence-electron chi connectivity index (χ3n) is 0.564. The van der Waals surface area contributed by atoms with Gasteiger partial charge in [-0.1, -0.05) is 22.3 Å². The highest BCUT2D eigenvalue weighted by atomic mass is 28.3. The van der Waals surface area contributed by atoms with Gasteiger partial charge in [0.05, 0.1) is 7.11 Å². The third kappa shape index (κ3) is 15.7. The minimum atomic E-state index is -1.40. The zero-order valence-electron chi connectivity index (χ0n) is 4.80. The predicted octanol–water partition coefficient (Wildman–Crippen LogP) is 1.97. The molecular weight excluding hydrogens is 148 g/mol. The van der Waals surface area contributed by atoms with E-state index in [9.17, 15) is 0 Å². The van der Waals surface area contributed by atoms with Crippen LogP contribution in [-0.2, 0) is 13.9 Å². The SMILES string of the molecule is C.C.C.COO[SiH](C)OC. The summed E-state index contributed by atoms with van der Waals surface area (Å²) in [4.78, 5) is 4.33. The molecule has 4 heteroatoms. The van der Waals surface area contributed by atoms with E-state index in [1.165, 1.54) is 7.11 Å². The van der Waals surface area contributed by atoms with Crippen molar-refractivity contribution in [1.29, 1.82) is 0 Å². The number of hydrogen-bond donors (Lipinski definition) is 0. The molecule has 0 fully saturated rings. The molecule has 1 unspecified atom stereocenters. The lowest BCUT2D eigenvalue weighted by Crippen LogP contribution is -2.14. The van der Waals surface area contributed by atoms with Crippen LogP contribution in [0, 0.1) is 0 Å². The average molecular weight is 170 g/mol. The van der Waals surface area contributed by atoms with E-state index in [4.69, 9.17) is 4.43 Å². The second kappa shape index (κ2) is 16.0. The molecule has 3 nitrogen and oxygen atoms in total. The normalized spacial score (nSPS) is 9.90. The van der Waals surface area contributed by atoms with Gasteiger partial charge in [-0.05, 0) is 6.55 Å². The zero-order valence-corrected chi connectivity index (χ0v) is 5.96. The second-order valence-electron chi connectivity index (χ2n) is 1.07. The average Bonchev–Trinajstić information content (AvgIpc) is 1.68. The van der Waals surface area contributed by atoms with Crippen molar-refractivity contribution in [2.45, 2.75) is 28.8 Å². The lowest BCUT2D eigenvalue weighted by Gasteiger charge is -2.02. The Labute approximate surface area is 67.1 Å². The van der Waals surface area contributed by atoms with E-state index >= 15 is 0 Å². The van der Waals surface area contributed by atoms with Gasteiger partial charge in [0.15, 0.2) is 0 Å². The Bertz CT molecular complexity index is 44.0. The van der Waals surface area contributed by atoms with Gasteiger partial charge in [-0.2, -0.15) is 0 Å². The van der Waals surface area contributed by atoms with Crippen LogP contribution in [0.2, 0.25) is 6.55 Å². The van der Waals surface area contributed by atoms with Crippen LogP contribution in [0.25, 0.3) is 0 Å². The van der Waals surface area contributed by atoms with Crippen molar-refractivity contribution in [2.24, 2.45) is 0 Å². The van der Waals surface area contributed by atoms with Gasteiger partial charge in [0.25, 0.3) is 0 Å². The van der Waals surface area contributed by atoms with E-state index in [-0.39, 0.29) is 22.3 Å². The molecule has 0 aliphatic carbocycles. The summed E-state index contributed by atoms with van der Waals surface area (Å²) in [5, 5.41) is 0. The predicted molar refractivity (Wildman–Crippen MR) is 48.3 cm³/mol. The Hall–Kier alpha value is 0.0969. The molecule has 0 bridgehead atoms. The van der Waals surface area contributed by atoms with Crippen molar-refractivity contribution < 1.29 is 13.9 Å². The summed E-state index contributed by atoms with van der Waals surface area (Å²) in [6.45, 7) is 1.88. The van der Waals surface area contributed by atoms with E-state index in [1.54, 1.807) is 7.11 Å². The van der Waals surface area contributed by atoms with Gasteiger partial charge in [-0.15, -0.1) is 0 Å². The van der Waals surface area contributed by atoms with Crippen LogP contribution in [0.15, 0.2) is 0 Å². The fourth-order valence-corrected chi connectivity index (χ4v) is 0.524. The molecule has 0 radical (unpaired) electrons. The molecule has 0 spiro atoms. The highest BCUT2D eigenvalue weighted by molar-refractivity contribution is 6.42. The fraction of sp³-hybridized carbons (Fsp3) is 1.00. The standard InChI is InChI=1S/C3H10O3Si.3CH4/c1-4-6-7(3)5-2;;;/h7H,1-3H3;3*1H4. The molecule has 10 heavy (non-hydrogen) atoms. The maximum Gasteiger partial charge on any atom is 0.356 e. The van der Waals surface area contributed by atoms with Gasteiger partial charge < -0.3 is 4.43 Å². The molecule has 0 aromatic carbocycles. The van der Waals surface area contributed by atoms with Crippen LogP contribution in [0.5, 0.6) is 0 Å². The van der Waals surface area contributed by atoms with Crippen molar-refractivity contribution in [3.63, 3.8) is 0 Å². The fourth-order valence-electron chi connectivity index (χ4n) is 0.175. The lowest BCUT2D eigenvalue weighted by atomic mass is 11.8. The zero-order chi connectivity index (χ0) is 5.70. The van der Waals surface area contributed by atoms with Crippen molar-refractivity contribution in [3.8, 4) is 0 Å². The Morgan fingerprint density at radius 2 is 1.40 bits per heavy atom. The maximum atomic E-state index is 4.78.